The van der Waals surface area contributed by atoms with E-state index in [1.54, 1.807) is 6.92 Å². The van der Waals surface area contributed by atoms with Crippen molar-refractivity contribution in [2.24, 2.45) is 5.73 Å². The zero-order valence-electron chi connectivity index (χ0n) is 10.5. The Bertz CT molecular complexity index is 494. The van der Waals surface area contributed by atoms with Crippen LogP contribution in [0, 0.1) is 11.6 Å². The SMILES string of the molecule is C[C@@H](N[C@H](C)c1ccc(F)cc1F)C(=O)NC(N)=O. The summed E-state index contributed by atoms with van der Waals surface area (Å²) in [7, 11) is 0. The number of urea groups is 1. The van der Waals surface area contributed by atoms with Crippen LogP contribution in [0.25, 0.3) is 0 Å². The highest BCUT2D eigenvalue weighted by Gasteiger charge is 2.19. The summed E-state index contributed by atoms with van der Waals surface area (Å²) in [6.45, 7) is 3.11. The highest BCUT2D eigenvalue weighted by Crippen LogP contribution is 2.18. The molecule has 0 radical (unpaired) electrons. The highest BCUT2D eigenvalue weighted by molar-refractivity contribution is 5.96. The fraction of sp³-hybridized carbons (Fsp3) is 0.333. The van der Waals surface area contributed by atoms with E-state index >= 15 is 0 Å². The molecule has 0 fully saturated rings. The van der Waals surface area contributed by atoms with Gasteiger partial charge in [0.05, 0.1) is 6.04 Å². The molecule has 1 rings (SSSR count). The molecule has 1 aromatic rings. The van der Waals surface area contributed by atoms with Crippen molar-refractivity contribution < 1.29 is 18.4 Å². The van der Waals surface area contributed by atoms with E-state index in [1.807, 2.05) is 5.32 Å². The minimum Gasteiger partial charge on any atom is -0.351 e. The van der Waals surface area contributed by atoms with Crippen LogP contribution in [0.5, 0.6) is 0 Å². The molecule has 19 heavy (non-hydrogen) atoms. The molecule has 7 heteroatoms. The Morgan fingerprint density at radius 2 is 1.89 bits per heavy atom. The van der Waals surface area contributed by atoms with E-state index in [4.69, 9.17) is 5.73 Å². The lowest BCUT2D eigenvalue weighted by Crippen LogP contribution is -2.47. The highest BCUT2D eigenvalue weighted by atomic mass is 19.1. The van der Waals surface area contributed by atoms with Gasteiger partial charge in [-0.15, -0.1) is 0 Å². The number of hydrogen-bond donors (Lipinski definition) is 3. The molecular weight excluding hydrogens is 256 g/mol. The molecule has 0 aliphatic rings. The van der Waals surface area contributed by atoms with Crippen molar-refractivity contribution in [1.29, 1.82) is 0 Å². The third-order valence-corrected chi connectivity index (χ3v) is 2.57. The Hall–Kier alpha value is -2.02. The van der Waals surface area contributed by atoms with Crippen LogP contribution in [-0.2, 0) is 4.79 Å². The third kappa shape index (κ3) is 4.29. The lowest BCUT2D eigenvalue weighted by Gasteiger charge is -2.19. The molecule has 2 atom stereocenters. The summed E-state index contributed by atoms with van der Waals surface area (Å²) in [6.07, 6.45) is 0. The van der Waals surface area contributed by atoms with Gasteiger partial charge in [0.2, 0.25) is 5.91 Å². The average Bonchev–Trinajstić information content (AvgIpc) is 2.27. The topological polar surface area (TPSA) is 84.2 Å². The van der Waals surface area contributed by atoms with Gasteiger partial charge >= 0.3 is 6.03 Å². The van der Waals surface area contributed by atoms with Crippen LogP contribution in [0.4, 0.5) is 13.6 Å². The van der Waals surface area contributed by atoms with Crippen molar-refractivity contribution in [2.45, 2.75) is 25.9 Å². The van der Waals surface area contributed by atoms with E-state index in [-0.39, 0.29) is 5.56 Å². The third-order valence-electron chi connectivity index (χ3n) is 2.57. The van der Waals surface area contributed by atoms with Crippen LogP contribution in [0.15, 0.2) is 18.2 Å². The standard InChI is InChI=1S/C12H15F2N3O2/c1-6(9-4-3-8(13)5-10(9)14)16-7(2)11(18)17-12(15)19/h3-7,16H,1-2H3,(H3,15,17,18,19)/t6-,7-/m1/s1. The van der Waals surface area contributed by atoms with Gasteiger partial charge in [-0.3, -0.25) is 15.4 Å². The first kappa shape index (κ1) is 15.0. The van der Waals surface area contributed by atoms with Crippen LogP contribution in [0.3, 0.4) is 0 Å². The Balaban J connectivity index is 2.71. The number of nitrogens with two attached hydrogens (primary N) is 1. The molecule has 5 nitrogen and oxygen atoms in total. The fourth-order valence-corrected chi connectivity index (χ4v) is 1.62. The number of amides is 3. The van der Waals surface area contributed by atoms with Gasteiger partial charge in [-0.1, -0.05) is 6.07 Å². The van der Waals surface area contributed by atoms with Crippen LogP contribution in [0.2, 0.25) is 0 Å². The molecule has 0 spiro atoms. The van der Waals surface area contributed by atoms with Crippen LogP contribution >= 0.6 is 0 Å². The molecule has 1 aromatic carbocycles. The first-order valence-corrected chi connectivity index (χ1v) is 5.62. The summed E-state index contributed by atoms with van der Waals surface area (Å²) in [5.74, 6) is -2.00. The Morgan fingerprint density at radius 1 is 1.26 bits per heavy atom. The van der Waals surface area contributed by atoms with E-state index in [1.165, 1.54) is 13.0 Å². The summed E-state index contributed by atoms with van der Waals surface area (Å²) in [5, 5.41) is 4.69. The predicted octanol–water partition coefficient (Wildman–Crippen LogP) is 1.20. The first-order valence-electron chi connectivity index (χ1n) is 5.62. The molecule has 104 valence electrons. The quantitative estimate of drug-likeness (QED) is 0.769. The van der Waals surface area contributed by atoms with Gasteiger partial charge in [0, 0.05) is 17.7 Å². The molecule has 0 aliphatic carbocycles. The van der Waals surface area contributed by atoms with Gasteiger partial charge < -0.3 is 5.73 Å². The summed E-state index contributed by atoms with van der Waals surface area (Å²) >= 11 is 0. The summed E-state index contributed by atoms with van der Waals surface area (Å²) < 4.78 is 26.3. The summed E-state index contributed by atoms with van der Waals surface area (Å²) in [6, 6.07) is 0.938. The smallest absolute Gasteiger partial charge is 0.318 e. The average molecular weight is 271 g/mol. The monoisotopic (exact) mass is 271 g/mol. The lowest BCUT2D eigenvalue weighted by molar-refractivity contribution is -0.121. The number of halogens is 2. The second-order valence-corrected chi connectivity index (χ2v) is 4.13. The maximum atomic E-state index is 13.5. The zero-order chi connectivity index (χ0) is 14.6. The van der Waals surface area contributed by atoms with Crippen LogP contribution in [-0.4, -0.2) is 18.0 Å². The Morgan fingerprint density at radius 3 is 2.42 bits per heavy atom. The molecule has 4 N–H and O–H groups in total. The van der Waals surface area contributed by atoms with E-state index < -0.39 is 35.7 Å². The van der Waals surface area contributed by atoms with Gasteiger partial charge in [-0.05, 0) is 19.9 Å². The molecule has 0 aliphatic heterocycles. The van der Waals surface area contributed by atoms with Crippen molar-refractivity contribution in [3.63, 3.8) is 0 Å². The number of hydrogen-bond acceptors (Lipinski definition) is 3. The molecule has 3 amide bonds. The second kappa shape index (κ2) is 6.24. The van der Waals surface area contributed by atoms with Crippen LogP contribution in [0.1, 0.15) is 25.5 Å². The van der Waals surface area contributed by atoms with Crippen LogP contribution < -0.4 is 16.4 Å². The first-order chi connectivity index (χ1) is 8.81. The second-order valence-electron chi connectivity index (χ2n) is 4.13. The number of rotatable bonds is 4. The maximum Gasteiger partial charge on any atom is 0.318 e. The van der Waals surface area contributed by atoms with Gasteiger partial charge in [0.1, 0.15) is 11.6 Å². The molecule has 0 unspecified atom stereocenters. The van der Waals surface area contributed by atoms with Crippen molar-refractivity contribution in [3.05, 3.63) is 35.4 Å². The number of benzene rings is 1. The maximum absolute atomic E-state index is 13.5. The largest absolute Gasteiger partial charge is 0.351 e. The van der Waals surface area contributed by atoms with E-state index in [0.29, 0.717) is 0 Å². The van der Waals surface area contributed by atoms with Gasteiger partial charge in [-0.25, -0.2) is 13.6 Å². The van der Waals surface area contributed by atoms with E-state index in [0.717, 1.165) is 12.1 Å². The van der Waals surface area contributed by atoms with Gasteiger partial charge in [0.25, 0.3) is 0 Å². The van der Waals surface area contributed by atoms with E-state index in [2.05, 4.69) is 5.32 Å². The Kier molecular flexibility index (Phi) is 4.94. The minimum absolute atomic E-state index is 0.222. The van der Waals surface area contributed by atoms with Gasteiger partial charge in [0.15, 0.2) is 0 Å². The number of carbonyl (C=O) groups is 2. The molecule has 0 bridgehead atoms. The molecule has 0 heterocycles. The molecular formula is C12H15F2N3O2. The number of imide groups is 1. The Labute approximate surface area is 109 Å². The predicted molar refractivity (Wildman–Crippen MR) is 65.1 cm³/mol. The normalized spacial score (nSPS) is 13.7. The number of primary amides is 1. The van der Waals surface area contributed by atoms with E-state index in [9.17, 15) is 18.4 Å². The fourth-order valence-electron chi connectivity index (χ4n) is 1.62. The summed E-state index contributed by atoms with van der Waals surface area (Å²) in [5.41, 5.74) is 5.04. The summed E-state index contributed by atoms with van der Waals surface area (Å²) in [4.78, 5) is 22.0. The van der Waals surface area contributed by atoms with Crippen molar-refractivity contribution in [1.82, 2.24) is 10.6 Å². The molecule has 0 saturated heterocycles. The number of carbonyl (C=O) groups excluding carboxylic acids is 2. The number of nitrogens with one attached hydrogen (secondary N) is 2. The molecule has 0 saturated carbocycles. The molecule has 0 aromatic heterocycles. The lowest BCUT2D eigenvalue weighted by atomic mass is 10.1. The van der Waals surface area contributed by atoms with Crippen molar-refractivity contribution in [3.8, 4) is 0 Å². The van der Waals surface area contributed by atoms with Crippen molar-refractivity contribution >= 4 is 11.9 Å². The van der Waals surface area contributed by atoms with Crippen molar-refractivity contribution in [2.75, 3.05) is 0 Å². The zero-order valence-corrected chi connectivity index (χ0v) is 10.5. The minimum atomic E-state index is -0.959. The van der Waals surface area contributed by atoms with Gasteiger partial charge in [-0.2, -0.15) is 0 Å².